The van der Waals surface area contributed by atoms with Gasteiger partial charge in [0.1, 0.15) is 0 Å². The quantitative estimate of drug-likeness (QED) is 0.808. The van der Waals surface area contributed by atoms with Gasteiger partial charge in [0, 0.05) is 24.7 Å². The third kappa shape index (κ3) is 2.32. The molecule has 1 heterocycles. The number of hydrogen-bond donors (Lipinski definition) is 1. The van der Waals surface area contributed by atoms with E-state index in [1.165, 1.54) is 0 Å². The number of hydrogen-bond acceptors (Lipinski definition) is 2. The highest BCUT2D eigenvalue weighted by Gasteiger charge is 2.43. The van der Waals surface area contributed by atoms with Crippen LogP contribution < -0.4 is 11.3 Å². The molecule has 16 heavy (non-hydrogen) atoms. The fourth-order valence-corrected chi connectivity index (χ4v) is 2.40. The van der Waals surface area contributed by atoms with Gasteiger partial charge in [-0.1, -0.05) is 18.3 Å². The van der Waals surface area contributed by atoms with Crippen molar-refractivity contribution in [3.8, 4) is 0 Å². The van der Waals surface area contributed by atoms with Gasteiger partial charge in [0.05, 0.1) is 4.99 Å². The average molecular weight is 236 g/mol. The summed E-state index contributed by atoms with van der Waals surface area (Å²) in [5.41, 5.74) is 6.81. The monoisotopic (exact) mass is 236 g/mol. The van der Waals surface area contributed by atoms with Crippen LogP contribution in [0.15, 0.2) is 23.0 Å². The molecule has 1 aliphatic carbocycles. The zero-order valence-corrected chi connectivity index (χ0v) is 10.2. The summed E-state index contributed by atoms with van der Waals surface area (Å²) >= 11 is 4.96. The fourth-order valence-electron chi connectivity index (χ4n) is 2.10. The molecular weight excluding hydrogens is 220 g/mol. The summed E-state index contributed by atoms with van der Waals surface area (Å²) in [6.45, 7) is 2.70. The lowest BCUT2D eigenvalue weighted by Crippen LogP contribution is -2.28. The predicted octanol–water partition coefficient (Wildman–Crippen LogP) is 1.61. The summed E-state index contributed by atoms with van der Waals surface area (Å²) in [4.78, 5) is 12.3. The first-order chi connectivity index (χ1) is 7.52. The zero-order valence-electron chi connectivity index (χ0n) is 9.40. The van der Waals surface area contributed by atoms with Gasteiger partial charge >= 0.3 is 0 Å². The molecule has 0 amide bonds. The normalized spacial score (nSPS) is 17.1. The molecule has 0 radical (unpaired) electrons. The third-order valence-electron chi connectivity index (χ3n) is 3.27. The number of rotatable bonds is 4. The topological polar surface area (TPSA) is 48.0 Å². The lowest BCUT2D eigenvalue weighted by atomic mass is 10.0. The van der Waals surface area contributed by atoms with E-state index in [9.17, 15) is 4.79 Å². The van der Waals surface area contributed by atoms with E-state index in [-0.39, 0.29) is 11.0 Å². The van der Waals surface area contributed by atoms with E-state index >= 15 is 0 Å². The van der Waals surface area contributed by atoms with Crippen LogP contribution in [-0.4, -0.2) is 9.56 Å². The van der Waals surface area contributed by atoms with Gasteiger partial charge in [-0.25, -0.2) is 0 Å². The van der Waals surface area contributed by atoms with Crippen molar-refractivity contribution in [1.29, 1.82) is 0 Å². The Hall–Kier alpha value is -1.16. The fraction of sp³-hybridized carbons (Fsp3) is 0.500. The Bertz CT molecular complexity index is 474. The predicted molar refractivity (Wildman–Crippen MR) is 68.5 cm³/mol. The molecule has 0 spiro atoms. The SMILES string of the molecule is Cc1cccc(=O)n1CC1(CC(N)=S)CC1. The van der Waals surface area contributed by atoms with Crippen molar-refractivity contribution in [2.75, 3.05) is 0 Å². The van der Waals surface area contributed by atoms with Gasteiger partial charge < -0.3 is 10.3 Å². The van der Waals surface area contributed by atoms with Crippen molar-refractivity contribution in [2.45, 2.75) is 32.7 Å². The van der Waals surface area contributed by atoms with Crippen molar-refractivity contribution in [3.05, 3.63) is 34.2 Å². The van der Waals surface area contributed by atoms with Crippen LogP contribution in [0.4, 0.5) is 0 Å². The van der Waals surface area contributed by atoms with Gasteiger partial charge in [0.2, 0.25) is 0 Å². The van der Waals surface area contributed by atoms with Crippen LogP contribution in [0.2, 0.25) is 0 Å². The molecule has 1 fully saturated rings. The van der Waals surface area contributed by atoms with E-state index in [1.807, 2.05) is 17.6 Å². The molecule has 0 saturated heterocycles. The highest BCUT2D eigenvalue weighted by molar-refractivity contribution is 7.80. The molecule has 2 rings (SSSR count). The van der Waals surface area contributed by atoms with Gasteiger partial charge in [-0.05, 0) is 31.2 Å². The summed E-state index contributed by atoms with van der Waals surface area (Å²) in [5, 5.41) is 0. The lowest BCUT2D eigenvalue weighted by Gasteiger charge is -2.17. The maximum atomic E-state index is 11.7. The van der Waals surface area contributed by atoms with Gasteiger partial charge in [0.15, 0.2) is 0 Å². The van der Waals surface area contributed by atoms with Crippen LogP contribution in [-0.2, 0) is 6.54 Å². The molecule has 0 bridgehead atoms. The van der Waals surface area contributed by atoms with E-state index in [0.717, 1.165) is 31.5 Å². The average Bonchev–Trinajstić information content (AvgIpc) is 2.91. The third-order valence-corrected chi connectivity index (χ3v) is 3.41. The second kappa shape index (κ2) is 4.01. The van der Waals surface area contributed by atoms with Crippen LogP contribution in [0.25, 0.3) is 0 Å². The molecule has 0 aromatic carbocycles. The highest BCUT2D eigenvalue weighted by atomic mass is 32.1. The largest absolute Gasteiger partial charge is 0.393 e. The van der Waals surface area contributed by atoms with E-state index in [4.69, 9.17) is 18.0 Å². The second-order valence-corrected chi connectivity index (χ2v) is 5.26. The number of aromatic nitrogens is 1. The Kier molecular flexibility index (Phi) is 2.84. The first-order valence-electron chi connectivity index (χ1n) is 5.47. The molecule has 0 atom stereocenters. The van der Waals surface area contributed by atoms with E-state index in [2.05, 4.69) is 0 Å². The molecule has 86 valence electrons. The molecule has 2 N–H and O–H groups in total. The van der Waals surface area contributed by atoms with Gasteiger partial charge in [-0.2, -0.15) is 0 Å². The minimum atomic E-state index is 0.0641. The van der Waals surface area contributed by atoms with E-state index in [0.29, 0.717) is 4.99 Å². The summed E-state index contributed by atoms with van der Waals surface area (Å²) < 4.78 is 1.82. The Balaban J connectivity index is 2.21. The molecule has 4 heteroatoms. The van der Waals surface area contributed by atoms with E-state index < -0.39 is 0 Å². The second-order valence-electron chi connectivity index (χ2n) is 4.73. The maximum absolute atomic E-state index is 11.7. The summed E-state index contributed by atoms with van der Waals surface area (Å²) in [6.07, 6.45) is 2.99. The molecule has 0 unspecified atom stereocenters. The summed E-state index contributed by atoms with van der Waals surface area (Å²) in [7, 11) is 0. The zero-order chi connectivity index (χ0) is 11.8. The van der Waals surface area contributed by atoms with Crippen LogP contribution in [0.1, 0.15) is 25.0 Å². The van der Waals surface area contributed by atoms with E-state index in [1.54, 1.807) is 12.1 Å². The van der Waals surface area contributed by atoms with Crippen molar-refractivity contribution >= 4 is 17.2 Å². The van der Waals surface area contributed by atoms with Gasteiger partial charge in [-0.3, -0.25) is 4.79 Å². The molecule has 1 aliphatic rings. The minimum Gasteiger partial charge on any atom is -0.393 e. The number of nitrogens with two attached hydrogens (primary N) is 1. The first-order valence-corrected chi connectivity index (χ1v) is 5.88. The maximum Gasteiger partial charge on any atom is 0.250 e. The van der Waals surface area contributed by atoms with Crippen molar-refractivity contribution in [3.63, 3.8) is 0 Å². The molecule has 1 saturated carbocycles. The Morgan fingerprint density at radius 3 is 2.75 bits per heavy atom. The molecule has 1 aromatic rings. The molecular formula is C12H16N2OS. The summed E-state index contributed by atoms with van der Waals surface area (Å²) in [6, 6.07) is 5.35. The molecule has 1 aromatic heterocycles. The van der Waals surface area contributed by atoms with Crippen LogP contribution in [0, 0.1) is 12.3 Å². The van der Waals surface area contributed by atoms with Crippen LogP contribution in [0.3, 0.4) is 0 Å². The minimum absolute atomic E-state index is 0.0641. The number of aryl methyl sites for hydroxylation is 1. The smallest absolute Gasteiger partial charge is 0.250 e. The number of pyridine rings is 1. The lowest BCUT2D eigenvalue weighted by molar-refractivity contribution is 0.424. The number of nitrogens with zero attached hydrogens (tertiary/aromatic N) is 1. The standard InChI is InChI=1S/C12H16N2OS/c1-9-3-2-4-11(15)14(9)8-12(5-6-12)7-10(13)16/h2-4H,5-8H2,1H3,(H2,13,16). The van der Waals surface area contributed by atoms with Crippen molar-refractivity contribution in [1.82, 2.24) is 4.57 Å². The van der Waals surface area contributed by atoms with Crippen LogP contribution >= 0.6 is 12.2 Å². The summed E-state index contributed by atoms with van der Waals surface area (Å²) in [5.74, 6) is 0. The van der Waals surface area contributed by atoms with Crippen molar-refractivity contribution in [2.24, 2.45) is 11.1 Å². The van der Waals surface area contributed by atoms with Gasteiger partial charge in [-0.15, -0.1) is 0 Å². The van der Waals surface area contributed by atoms with Gasteiger partial charge in [0.25, 0.3) is 5.56 Å². The Labute approximate surface area is 100 Å². The number of thiocarbonyl (C=S) groups is 1. The van der Waals surface area contributed by atoms with Crippen LogP contribution in [0.5, 0.6) is 0 Å². The molecule has 0 aliphatic heterocycles. The highest BCUT2D eigenvalue weighted by Crippen LogP contribution is 2.50. The molecule has 3 nitrogen and oxygen atoms in total. The Morgan fingerprint density at radius 2 is 2.25 bits per heavy atom. The Morgan fingerprint density at radius 1 is 1.56 bits per heavy atom. The first kappa shape index (κ1) is 11.3. The van der Waals surface area contributed by atoms with Crippen molar-refractivity contribution < 1.29 is 0 Å².